The molecule has 168 valence electrons. The molecule has 3 heterocycles. The highest BCUT2D eigenvalue weighted by Gasteiger charge is 2.31. The SMILES string of the molecule is C[C@H](c1ccccc1F)c1c(F)ccc2c1NC(NCc1ccc3nccn3c1)=NS2(=O)=O. The van der Waals surface area contributed by atoms with Crippen LogP contribution in [0.1, 0.15) is 29.5 Å². The van der Waals surface area contributed by atoms with E-state index >= 15 is 0 Å². The number of anilines is 1. The number of sulfonamides is 1. The van der Waals surface area contributed by atoms with E-state index in [1.807, 2.05) is 22.7 Å². The summed E-state index contributed by atoms with van der Waals surface area (Å²) in [5.74, 6) is -1.92. The van der Waals surface area contributed by atoms with Crippen molar-refractivity contribution in [1.29, 1.82) is 0 Å². The first-order chi connectivity index (χ1) is 15.8. The van der Waals surface area contributed by atoms with Crippen LogP contribution in [0, 0.1) is 11.6 Å². The molecular formula is C23H19F2N5O2S. The zero-order valence-electron chi connectivity index (χ0n) is 17.5. The van der Waals surface area contributed by atoms with Gasteiger partial charge in [0.25, 0.3) is 10.0 Å². The monoisotopic (exact) mass is 467 g/mol. The third-order valence-electron chi connectivity index (χ3n) is 5.60. The molecule has 2 aromatic carbocycles. The quantitative estimate of drug-likeness (QED) is 0.473. The lowest BCUT2D eigenvalue weighted by molar-refractivity contribution is 0.578. The molecule has 33 heavy (non-hydrogen) atoms. The van der Waals surface area contributed by atoms with Gasteiger partial charge in [-0.1, -0.05) is 31.2 Å². The van der Waals surface area contributed by atoms with Gasteiger partial charge in [-0.2, -0.15) is 8.42 Å². The van der Waals surface area contributed by atoms with E-state index in [1.54, 1.807) is 37.5 Å². The van der Waals surface area contributed by atoms with E-state index in [0.717, 1.165) is 23.3 Å². The van der Waals surface area contributed by atoms with Gasteiger partial charge in [0.2, 0.25) is 5.96 Å². The minimum atomic E-state index is -4.10. The van der Waals surface area contributed by atoms with E-state index in [4.69, 9.17) is 0 Å². The lowest BCUT2D eigenvalue weighted by atomic mass is 9.91. The van der Waals surface area contributed by atoms with Crippen molar-refractivity contribution in [1.82, 2.24) is 14.7 Å². The van der Waals surface area contributed by atoms with Crippen molar-refractivity contribution in [2.45, 2.75) is 24.3 Å². The summed E-state index contributed by atoms with van der Waals surface area (Å²) < 4.78 is 60.7. The summed E-state index contributed by atoms with van der Waals surface area (Å²) in [4.78, 5) is 4.02. The summed E-state index contributed by atoms with van der Waals surface area (Å²) in [6.07, 6.45) is 5.33. The number of rotatable bonds is 4. The second kappa shape index (κ2) is 7.96. The van der Waals surface area contributed by atoms with Crippen molar-refractivity contribution < 1.29 is 17.2 Å². The van der Waals surface area contributed by atoms with Crippen LogP contribution in [0.5, 0.6) is 0 Å². The van der Waals surface area contributed by atoms with E-state index in [0.29, 0.717) is 0 Å². The first-order valence-corrected chi connectivity index (χ1v) is 11.6. The molecule has 2 aromatic heterocycles. The normalized spacial score (nSPS) is 15.4. The Balaban J connectivity index is 1.49. The van der Waals surface area contributed by atoms with Crippen LogP contribution >= 0.6 is 0 Å². The molecule has 10 heteroatoms. The minimum Gasteiger partial charge on any atom is -0.351 e. The van der Waals surface area contributed by atoms with Crippen molar-refractivity contribution in [3.8, 4) is 0 Å². The molecule has 0 bridgehead atoms. The number of aromatic nitrogens is 2. The van der Waals surface area contributed by atoms with Crippen LogP contribution in [0.3, 0.4) is 0 Å². The number of nitrogens with zero attached hydrogens (tertiary/aromatic N) is 3. The number of fused-ring (bicyclic) bond motifs is 2. The van der Waals surface area contributed by atoms with Crippen LogP contribution in [-0.2, 0) is 16.6 Å². The second-order valence-electron chi connectivity index (χ2n) is 7.70. The molecule has 1 aliphatic heterocycles. The first kappa shape index (κ1) is 21.1. The summed E-state index contributed by atoms with van der Waals surface area (Å²) in [7, 11) is -4.10. The average Bonchev–Trinajstić information content (AvgIpc) is 3.25. The molecule has 0 amide bonds. The Labute approximate surface area is 188 Å². The van der Waals surface area contributed by atoms with Gasteiger partial charge in [0.05, 0.1) is 5.69 Å². The Bertz CT molecular complexity index is 1510. The van der Waals surface area contributed by atoms with Gasteiger partial charge in [-0.3, -0.25) is 0 Å². The maximum Gasteiger partial charge on any atom is 0.287 e. The third-order valence-corrected chi connectivity index (χ3v) is 6.92. The van der Waals surface area contributed by atoms with E-state index in [9.17, 15) is 17.2 Å². The molecule has 0 spiro atoms. The van der Waals surface area contributed by atoms with Gasteiger partial charge < -0.3 is 15.0 Å². The van der Waals surface area contributed by atoms with Crippen LogP contribution < -0.4 is 10.6 Å². The Morgan fingerprint density at radius 2 is 1.91 bits per heavy atom. The Morgan fingerprint density at radius 1 is 1.09 bits per heavy atom. The molecule has 1 aliphatic rings. The second-order valence-corrected chi connectivity index (χ2v) is 9.27. The van der Waals surface area contributed by atoms with Crippen LogP contribution in [-0.4, -0.2) is 23.8 Å². The standard InChI is InChI=1S/C23H19F2N5O2S/c1-14(16-4-2-3-5-17(16)24)21-18(25)7-8-19-22(21)28-23(29-33(19,31)32)27-12-15-6-9-20-26-10-11-30(20)13-15/h2-11,13-14H,12H2,1H3,(H2,27,28,29)/t14-/m1/s1. The number of hydrogen-bond donors (Lipinski definition) is 2. The maximum absolute atomic E-state index is 15.0. The number of halogens is 2. The van der Waals surface area contributed by atoms with Crippen LogP contribution in [0.15, 0.2) is 76.4 Å². The highest BCUT2D eigenvalue weighted by molar-refractivity contribution is 7.90. The van der Waals surface area contributed by atoms with Gasteiger partial charge >= 0.3 is 0 Å². The highest BCUT2D eigenvalue weighted by Crippen LogP contribution is 2.39. The van der Waals surface area contributed by atoms with Gasteiger partial charge in [-0.15, -0.1) is 4.40 Å². The summed E-state index contributed by atoms with van der Waals surface area (Å²) in [5.41, 5.74) is 2.00. The molecule has 2 N–H and O–H groups in total. The minimum absolute atomic E-state index is 0.0409. The fourth-order valence-electron chi connectivity index (χ4n) is 3.97. The van der Waals surface area contributed by atoms with Crippen molar-refractivity contribution in [3.05, 3.63) is 95.4 Å². The Morgan fingerprint density at radius 3 is 2.73 bits per heavy atom. The number of imidazole rings is 1. The van der Waals surface area contributed by atoms with Crippen molar-refractivity contribution >= 4 is 27.3 Å². The zero-order chi connectivity index (χ0) is 23.2. The lowest BCUT2D eigenvalue weighted by Gasteiger charge is -2.25. The number of hydrogen-bond acceptors (Lipinski definition) is 5. The predicted molar refractivity (Wildman–Crippen MR) is 121 cm³/mol. The molecule has 7 nitrogen and oxygen atoms in total. The fraction of sp³-hybridized carbons (Fsp3) is 0.130. The van der Waals surface area contributed by atoms with Crippen molar-refractivity contribution in [3.63, 3.8) is 0 Å². The van der Waals surface area contributed by atoms with Crippen molar-refractivity contribution in [2.24, 2.45) is 4.40 Å². The van der Waals surface area contributed by atoms with Gasteiger partial charge in [0.15, 0.2) is 0 Å². The smallest absolute Gasteiger partial charge is 0.287 e. The fourth-order valence-corrected chi connectivity index (χ4v) is 5.07. The molecule has 0 saturated heterocycles. The maximum atomic E-state index is 15.0. The molecular weight excluding hydrogens is 448 g/mol. The lowest BCUT2D eigenvalue weighted by Crippen LogP contribution is -2.35. The summed E-state index contributed by atoms with van der Waals surface area (Å²) in [6, 6.07) is 12.0. The predicted octanol–water partition coefficient (Wildman–Crippen LogP) is 4.02. The third kappa shape index (κ3) is 3.82. The summed E-state index contributed by atoms with van der Waals surface area (Å²) in [6.45, 7) is 1.89. The zero-order valence-corrected chi connectivity index (χ0v) is 18.3. The molecule has 0 unspecified atom stereocenters. The number of pyridine rings is 1. The van der Waals surface area contributed by atoms with Crippen LogP contribution in [0.25, 0.3) is 5.65 Å². The van der Waals surface area contributed by atoms with Crippen molar-refractivity contribution in [2.75, 3.05) is 5.32 Å². The van der Waals surface area contributed by atoms with Crippen LogP contribution in [0.4, 0.5) is 14.5 Å². The molecule has 4 aromatic rings. The van der Waals surface area contributed by atoms with Gasteiger partial charge in [0, 0.05) is 36.6 Å². The molecule has 1 atom stereocenters. The Kier molecular flexibility index (Phi) is 5.09. The van der Waals surface area contributed by atoms with E-state index < -0.39 is 27.6 Å². The number of nitrogens with one attached hydrogen (secondary N) is 2. The van der Waals surface area contributed by atoms with Gasteiger partial charge in [-0.05, 0) is 35.4 Å². The van der Waals surface area contributed by atoms with E-state index in [2.05, 4.69) is 20.0 Å². The molecule has 0 fully saturated rings. The highest BCUT2D eigenvalue weighted by atomic mass is 32.2. The summed E-state index contributed by atoms with van der Waals surface area (Å²) in [5, 5.41) is 5.87. The number of guanidine groups is 1. The summed E-state index contributed by atoms with van der Waals surface area (Å²) >= 11 is 0. The molecule has 0 radical (unpaired) electrons. The van der Waals surface area contributed by atoms with E-state index in [-0.39, 0.29) is 34.2 Å². The largest absolute Gasteiger partial charge is 0.351 e. The van der Waals surface area contributed by atoms with Crippen LogP contribution in [0.2, 0.25) is 0 Å². The van der Waals surface area contributed by atoms with Gasteiger partial charge in [0.1, 0.15) is 22.2 Å². The molecule has 0 saturated carbocycles. The average molecular weight is 468 g/mol. The Hall–Kier alpha value is -3.79. The number of benzene rings is 2. The topological polar surface area (TPSA) is 87.9 Å². The van der Waals surface area contributed by atoms with Gasteiger partial charge in [-0.25, -0.2) is 13.8 Å². The van der Waals surface area contributed by atoms with E-state index in [1.165, 1.54) is 6.07 Å². The molecule has 5 rings (SSSR count). The molecule has 0 aliphatic carbocycles. The first-order valence-electron chi connectivity index (χ1n) is 10.2.